The Labute approximate surface area is 178 Å². The molecule has 1 aliphatic carbocycles. The van der Waals surface area contributed by atoms with Gasteiger partial charge in [-0.05, 0) is 72.4 Å². The molecule has 2 amide bonds. The van der Waals surface area contributed by atoms with Crippen LogP contribution in [0.2, 0.25) is 0 Å². The zero-order valence-electron chi connectivity index (χ0n) is 18.8. The monoisotopic (exact) mass is 412 g/mol. The predicted octanol–water partition coefficient (Wildman–Crippen LogP) is 3.70. The van der Waals surface area contributed by atoms with Gasteiger partial charge in [0.05, 0.1) is 11.2 Å². The number of ether oxygens (including phenoxy) is 1. The lowest BCUT2D eigenvalue weighted by Crippen LogP contribution is -2.52. The SMILES string of the molecule is Cc1ccccc1-n1nc(C(=O)NC(C)(C)CNC(=O)OC(C)(C)C)c2c1CCC2. The molecule has 0 spiro atoms. The second kappa shape index (κ2) is 8.13. The van der Waals surface area contributed by atoms with Crippen LogP contribution in [-0.4, -0.2) is 39.5 Å². The van der Waals surface area contributed by atoms with E-state index in [0.717, 1.165) is 41.8 Å². The number of rotatable bonds is 5. The summed E-state index contributed by atoms with van der Waals surface area (Å²) in [6, 6.07) is 8.05. The van der Waals surface area contributed by atoms with Crippen LogP contribution in [-0.2, 0) is 17.6 Å². The van der Waals surface area contributed by atoms with Gasteiger partial charge < -0.3 is 15.4 Å². The first-order valence-corrected chi connectivity index (χ1v) is 10.4. The zero-order valence-corrected chi connectivity index (χ0v) is 18.8. The van der Waals surface area contributed by atoms with Gasteiger partial charge in [0.1, 0.15) is 5.60 Å². The van der Waals surface area contributed by atoms with Crippen LogP contribution in [0.25, 0.3) is 5.69 Å². The van der Waals surface area contributed by atoms with Crippen LogP contribution in [0.5, 0.6) is 0 Å². The number of amides is 2. The molecule has 162 valence electrons. The molecule has 2 N–H and O–H groups in total. The first-order valence-electron chi connectivity index (χ1n) is 10.4. The largest absolute Gasteiger partial charge is 0.444 e. The van der Waals surface area contributed by atoms with Crippen LogP contribution >= 0.6 is 0 Å². The van der Waals surface area contributed by atoms with E-state index in [2.05, 4.69) is 15.7 Å². The molecule has 0 atom stereocenters. The Morgan fingerprint density at radius 3 is 2.50 bits per heavy atom. The molecule has 0 radical (unpaired) electrons. The molecule has 0 saturated carbocycles. The maximum atomic E-state index is 13.1. The molecular formula is C23H32N4O3. The predicted molar refractivity (Wildman–Crippen MR) is 116 cm³/mol. The van der Waals surface area contributed by atoms with Crippen molar-refractivity contribution in [3.05, 3.63) is 46.8 Å². The smallest absolute Gasteiger partial charge is 0.407 e. The highest BCUT2D eigenvalue weighted by atomic mass is 16.6. The Bertz CT molecular complexity index is 954. The highest BCUT2D eigenvalue weighted by Crippen LogP contribution is 2.29. The van der Waals surface area contributed by atoms with Gasteiger partial charge >= 0.3 is 6.09 Å². The average molecular weight is 413 g/mol. The van der Waals surface area contributed by atoms with Crippen molar-refractivity contribution >= 4 is 12.0 Å². The standard InChI is InChI=1S/C23H32N4O3/c1-15-10-7-8-12-17(15)27-18-13-9-11-16(18)19(26-27)20(28)25-23(5,6)14-24-21(29)30-22(2,3)4/h7-8,10,12H,9,11,13-14H2,1-6H3,(H,24,29)(H,25,28). The Balaban J connectivity index is 1.75. The summed E-state index contributed by atoms with van der Waals surface area (Å²) in [5.41, 5.74) is 3.48. The lowest BCUT2D eigenvalue weighted by atomic mass is 10.0. The molecule has 0 unspecified atom stereocenters. The van der Waals surface area contributed by atoms with Crippen LogP contribution < -0.4 is 10.6 Å². The molecule has 30 heavy (non-hydrogen) atoms. The molecule has 7 nitrogen and oxygen atoms in total. The van der Waals surface area contributed by atoms with E-state index in [4.69, 9.17) is 4.74 Å². The molecule has 0 fully saturated rings. The number of nitrogens with zero attached hydrogens (tertiary/aromatic N) is 2. The number of carbonyl (C=O) groups excluding carboxylic acids is 2. The molecule has 0 bridgehead atoms. The third-order valence-corrected chi connectivity index (χ3v) is 5.01. The van der Waals surface area contributed by atoms with Crippen molar-refractivity contribution in [2.75, 3.05) is 6.54 Å². The molecule has 2 aromatic rings. The first-order chi connectivity index (χ1) is 14.0. The third-order valence-electron chi connectivity index (χ3n) is 5.01. The van der Waals surface area contributed by atoms with Crippen molar-refractivity contribution < 1.29 is 14.3 Å². The quantitative estimate of drug-likeness (QED) is 0.784. The van der Waals surface area contributed by atoms with E-state index >= 15 is 0 Å². The maximum absolute atomic E-state index is 13.1. The number of benzene rings is 1. The summed E-state index contributed by atoms with van der Waals surface area (Å²) < 4.78 is 7.18. The fourth-order valence-electron chi connectivity index (χ4n) is 3.64. The van der Waals surface area contributed by atoms with Gasteiger partial charge in [-0.25, -0.2) is 9.48 Å². The van der Waals surface area contributed by atoms with Gasteiger partial charge in [-0.15, -0.1) is 0 Å². The first kappa shape index (κ1) is 21.9. The number of aromatic nitrogens is 2. The average Bonchev–Trinajstić information content (AvgIpc) is 3.21. The Hall–Kier alpha value is -2.83. The van der Waals surface area contributed by atoms with Crippen molar-refractivity contribution in [2.24, 2.45) is 0 Å². The number of alkyl carbamates (subject to hydrolysis) is 1. The summed E-state index contributed by atoms with van der Waals surface area (Å²) >= 11 is 0. The fourth-order valence-corrected chi connectivity index (χ4v) is 3.64. The van der Waals surface area contributed by atoms with Crippen LogP contribution in [0.1, 0.15) is 68.3 Å². The summed E-state index contributed by atoms with van der Waals surface area (Å²) in [7, 11) is 0. The summed E-state index contributed by atoms with van der Waals surface area (Å²) in [6.07, 6.45) is 2.27. The van der Waals surface area contributed by atoms with Gasteiger partial charge in [0.25, 0.3) is 5.91 Å². The molecule has 0 saturated heterocycles. The van der Waals surface area contributed by atoms with E-state index in [-0.39, 0.29) is 12.5 Å². The van der Waals surface area contributed by atoms with Gasteiger partial charge in [0.15, 0.2) is 5.69 Å². The fraction of sp³-hybridized carbons (Fsp3) is 0.522. The zero-order chi connectivity index (χ0) is 22.1. The number of hydrogen-bond acceptors (Lipinski definition) is 4. The third kappa shape index (κ3) is 5.01. The van der Waals surface area contributed by atoms with Crippen molar-refractivity contribution in [2.45, 2.75) is 71.9 Å². The topological polar surface area (TPSA) is 85.3 Å². The number of para-hydroxylation sites is 1. The second-order valence-corrected chi connectivity index (χ2v) is 9.52. The maximum Gasteiger partial charge on any atom is 0.407 e. The van der Waals surface area contributed by atoms with E-state index in [1.807, 2.05) is 70.5 Å². The second-order valence-electron chi connectivity index (χ2n) is 9.52. The van der Waals surface area contributed by atoms with Crippen LogP contribution in [0.3, 0.4) is 0 Å². The van der Waals surface area contributed by atoms with Gasteiger partial charge in [0.2, 0.25) is 0 Å². The van der Waals surface area contributed by atoms with E-state index in [0.29, 0.717) is 5.69 Å². The number of carbonyl (C=O) groups is 2. The van der Waals surface area contributed by atoms with Crippen molar-refractivity contribution in [3.8, 4) is 5.69 Å². The number of aryl methyl sites for hydroxylation is 1. The van der Waals surface area contributed by atoms with Crippen LogP contribution in [0, 0.1) is 6.92 Å². The highest BCUT2D eigenvalue weighted by molar-refractivity contribution is 5.94. The van der Waals surface area contributed by atoms with E-state index in [9.17, 15) is 9.59 Å². The van der Waals surface area contributed by atoms with Gasteiger partial charge in [-0.3, -0.25) is 4.79 Å². The molecule has 1 aromatic carbocycles. The Morgan fingerprint density at radius 1 is 1.13 bits per heavy atom. The number of fused-ring (bicyclic) bond motifs is 1. The van der Waals surface area contributed by atoms with Crippen LogP contribution in [0.15, 0.2) is 24.3 Å². The normalized spacial score (nSPS) is 13.7. The molecule has 3 rings (SSSR count). The molecule has 1 aromatic heterocycles. The van der Waals surface area contributed by atoms with Crippen molar-refractivity contribution in [1.29, 1.82) is 0 Å². The summed E-state index contributed by atoms with van der Waals surface area (Å²) in [5.74, 6) is -0.225. The Kier molecular flexibility index (Phi) is 5.92. The lowest BCUT2D eigenvalue weighted by molar-refractivity contribution is 0.0509. The number of nitrogens with one attached hydrogen (secondary N) is 2. The Morgan fingerprint density at radius 2 is 1.83 bits per heavy atom. The van der Waals surface area contributed by atoms with Crippen molar-refractivity contribution in [1.82, 2.24) is 20.4 Å². The van der Waals surface area contributed by atoms with E-state index in [1.165, 1.54) is 0 Å². The molecule has 1 aliphatic rings. The van der Waals surface area contributed by atoms with Gasteiger partial charge in [-0.2, -0.15) is 5.10 Å². The minimum absolute atomic E-state index is 0.225. The van der Waals surface area contributed by atoms with Crippen molar-refractivity contribution in [3.63, 3.8) is 0 Å². The molecule has 7 heteroatoms. The van der Waals surface area contributed by atoms with E-state index in [1.54, 1.807) is 0 Å². The summed E-state index contributed by atoms with van der Waals surface area (Å²) in [4.78, 5) is 25.0. The number of hydrogen-bond donors (Lipinski definition) is 2. The molecular weight excluding hydrogens is 380 g/mol. The summed E-state index contributed by atoms with van der Waals surface area (Å²) in [5, 5.41) is 10.4. The molecule has 1 heterocycles. The van der Waals surface area contributed by atoms with E-state index < -0.39 is 17.2 Å². The lowest BCUT2D eigenvalue weighted by Gasteiger charge is -2.27. The van der Waals surface area contributed by atoms with Crippen LogP contribution in [0.4, 0.5) is 4.79 Å². The van der Waals surface area contributed by atoms with Gasteiger partial charge in [-0.1, -0.05) is 18.2 Å². The minimum Gasteiger partial charge on any atom is -0.444 e. The highest BCUT2D eigenvalue weighted by Gasteiger charge is 2.30. The minimum atomic E-state index is -0.661. The summed E-state index contributed by atoms with van der Waals surface area (Å²) in [6.45, 7) is 11.4. The molecule has 0 aliphatic heterocycles. The van der Waals surface area contributed by atoms with Gasteiger partial charge in [0, 0.05) is 17.8 Å².